The highest BCUT2D eigenvalue weighted by Crippen LogP contribution is 2.28. The van der Waals surface area contributed by atoms with Crippen LogP contribution in [0.1, 0.15) is 18.3 Å². The Hall–Kier alpha value is -1.84. The summed E-state index contributed by atoms with van der Waals surface area (Å²) in [5.74, 6) is 0.848. The molecule has 4 heteroatoms. The van der Waals surface area contributed by atoms with E-state index >= 15 is 0 Å². The van der Waals surface area contributed by atoms with Crippen LogP contribution in [0.5, 0.6) is 0 Å². The smallest absolute Gasteiger partial charge is 0.112 e. The van der Waals surface area contributed by atoms with Crippen LogP contribution in [0, 0.1) is 0 Å². The standard InChI is InChI=1S/C17H17ClN2O/c1-17(21,12-6-5-7-13(18)10-12)11-16-19-14-8-3-4-9-15(14)20(16)2/h3-10,21H,11H2,1-2H3. The van der Waals surface area contributed by atoms with Gasteiger partial charge in [-0.1, -0.05) is 35.9 Å². The average molecular weight is 301 g/mol. The normalized spacial score (nSPS) is 14.3. The number of para-hydroxylation sites is 2. The molecule has 0 saturated carbocycles. The number of aryl methyl sites for hydroxylation is 1. The molecule has 2 aromatic carbocycles. The zero-order valence-electron chi connectivity index (χ0n) is 12.0. The van der Waals surface area contributed by atoms with Gasteiger partial charge < -0.3 is 9.67 Å². The molecule has 3 aromatic rings. The largest absolute Gasteiger partial charge is 0.385 e. The summed E-state index contributed by atoms with van der Waals surface area (Å²) in [6.07, 6.45) is 0.429. The van der Waals surface area contributed by atoms with Crippen LogP contribution in [0.3, 0.4) is 0 Å². The van der Waals surface area contributed by atoms with Gasteiger partial charge in [-0.2, -0.15) is 0 Å². The molecule has 0 spiro atoms. The van der Waals surface area contributed by atoms with Gasteiger partial charge in [-0.25, -0.2) is 4.98 Å². The van der Waals surface area contributed by atoms with E-state index in [9.17, 15) is 5.11 Å². The van der Waals surface area contributed by atoms with Crippen molar-refractivity contribution in [3.05, 3.63) is 64.9 Å². The Morgan fingerprint density at radius 3 is 2.67 bits per heavy atom. The van der Waals surface area contributed by atoms with Gasteiger partial charge in [-0.05, 0) is 36.8 Å². The predicted molar refractivity (Wildman–Crippen MR) is 85.4 cm³/mol. The Morgan fingerprint density at radius 2 is 1.95 bits per heavy atom. The highest BCUT2D eigenvalue weighted by Gasteiger charge is 2.26. The molecule has 0 bridgehead atoms. The number of aliphatic hydroxyl groups is 1. The second kappa shape index (κ2) is 5.17. The number of hydrogen-bond donors (Lipinski definition) is 1. The number of aromatic nitrogens is 2. The molecule has 0 aliphatic carbocycles. The second-order valence-corrected chi connectivity index (χ2v) is 5.97. The van der Waals surface area contributed by atoms with Gasteiger partial charge in [0.05, 0.1) is 16.6 Å². The number of halogens is 1. The zero-order chi connectivity index (χ0) is 15.0. The van der Waals surface area contributed by atoms with Crippen molar-refractivity contribution in [2.24, 2.45) is 7.05 Å². The minimum atomic E-state index is -1.01. The van der Waals surface area contributed by atoms with Crippen LogP contribution >= 0.6 is 11.6 Å². The van der Waals surface area contributed by atoms with Crippen LogP contribution in [0.2, 0.25) is 5.02 Å². The molecular weight excluding hydrogens is 284 g/mol. The van der Waals surface area contributed by atoms with E-state index in [4.69, 9.17) is 11.6 Å². The third-order valence-electron chi connectivity index (χ3n) is 3.83. The quantitative estimate of drug-likeness (QED) is 0.801. The summed E-state index contributed by atoms with van der Waals surface area (Å²) in [5, 5.41) is 11.4. The van der Waals surface area contributed by atoms with E-state index in [-0.39, 0.29) is 0 Å². The molecule has 1 atom stereocenters. The van der Waals surface area contributed by atoms with E-state index < -0.39 is 5.60 Å². The minimum absolute atomic E-state index is 0.429. The molecule has 0 radical (unpaired) electrons. The van der Waals surface area contributed by atoms with E-state index in [0.717, 1.165) is 22.4 Å². The van der Waals surface area contributed by atoms with Gasteiger partial charge in [0.2, 0.25) is 0 Å². The Morgan fingerprint density at radius 1 is 1.19 bits per heavy atom. The zero-order valence-corrected chi connectivity index (χ0v) is 12.8. The molecule has 0 fully saturated rings. The van der Waals surface area contributed by atoms with Crippen LogP contribution in [-0.2, 0) is 19.1 Å². The summed E-state index contributed by atoms with van der Waals surface area (Å²) < 4.78 is 2.02. The van der Waals surface area contributed by atoms with E-state index in [1.54, 1.807) is 19.1 Å². The van der Waals surface area contributed by atoms with Crippen molar-refractivity contribution < 1.29 is 5.11 Å². The molecule has 0 aliphatic rings. The number of hydrogen-bond acceptors (Lipinski definition) is 2. The Kier molecular flexibility index (Phi) is 3.47. The first-order valence-corrected chi connectivity index (χ1v) is 7.24. The number of imidazole rings is 1. The lowest BCUT2D eigenvalue weighted by atomic mass is 9.92. The minimum Gasteiger partial charge on any atom is -0.385 e. The Bertz CT molecular complexity index is 792. The van der Waals surface area contributed by atoms with Crippen molar-refractivity contribution >= 4 is 22.6 Å². The fourth-order valence-corrected chi connectivity index (χ4v) is 2.78. The van der Waals surface area contributed by atoms with Gasteiger partial charge in [0, 0.05) is 18.5 Å². The van der Waals surface area contributed by atoms with Crippen LogP contribution in [0.4, 0.5) is 0 Å². The SMILES string of the molecule is Cn1c(CC(C)(O)c2cccc(Cl)c2)nc2ccccc21. The molecule has 3 rings (SSSR count). The van der Waals surface area contributed by atoms with Crippen LogP contribution in [0.25, 0.3) is 11.0 Å². The van der Waals surface area contributed by atoms with E-state index in [1.807, 2.05) is 48.0 Å². The average Bonchev–Trinajstić information content (AvgIpc) is 2.75. The molecule has 108 valence electrons. The van der Waals surface area contributed by atoms with E-state index in [1.165, 1.54) is 0 Å². The summed E-state index contributed by atoms with van der Waals surface area (Å²) in [4.78, 5) is 4.62. The monoisotopic (exact) mass is 300 g/mol. The van der Waals surface area contributed by atoms with Gasteiger partial charge in [-0.3, -0.25) is 0 Å². The van der Waals surface area contributed by atoms with Gasteiger partial charge in [-0.15, -0.1) is 0 Å². The first kappa shape index (κ1) is 14.1. The highest BCUT2D eigenvalue weighted by atomic mass is 35.5. The predicted octanol–water partition coefficient (Wildman–Crippen LogP) is 3.68. The molecule has 21 heavy (non-hydrogen) atoms. The maximum absolute atomic E-state index is 10.8. The highest BCUT2D eigenvalue weighted by molar-refractivity contribution is 6.30. The van der Waals surface area contributed by atoms with Crippen molar-refractivity contribution in [3.63, 3.8) is 0 Å². The number of fused-ring (bicyclic) bond motifs is 1. The van der Waals surface area contributed by atoms with Gasteiger partial charge >= 0.3 is 0 Å². The third-order valence-corrected chi connectivity index (χ3v) is 4.06. The van der Waals surface area contributed by atoms with Crippen molar-refractivity contribution in [2.75, 3.05) is 0 Å². The fourth-order valence-electron chi connectivity index (χ4n) is 2.59. The van der Waals surface area contributed by atoms with Crippen molar-refractivity contribution in [2.45, 2.75) is 18.9 Å². The topological polar surface area (TPSA) is 38.0 Å². The lowest BCUT2D eigenvalue weighted by Gasteiger charge is -2.23. The Labute approximate surface area is 128 Å². The molecule has 0 amide bonds. The molecule has 3 nitrogen and oxygen atoms in total. The van der Waals surface area contributed by atoms with Crippen molar-refractivity contribution in [3.8, 4) is 0 Å². The lowest BCUT2D eigenvalue weighted by Crippen LogP contribution is -2.25. The Balaban J connectivity index is 1.99. The second-order valence-electron chi connectivity index (χ2n) is 5.54. The molecule has 1 unspecified atom stereocenters. The fraction of sp³-hybridized carbons (Fsp3) is 0.235. The first-order valence-electron chi connectivity index (χ1n) is 6.86. The molecule has 1 N–H and O–H groups in total. The summed E-state index contributed by atoms with van der Waals surface area (Å²) in [6.45, 7) is 1.79. The van der Waals surface area contributed by atoms with Gasteiger partial charge in [0.25, 0.3) is 0 Å². The van der Waals surface area contributed by atoms with Crippen LogP contribution in [0.15, 0.2) is 48.5 Å². The first-order chi connectivity index (χ1) is 9.97. The maximum atomic E-state index is 10.8. The third kappa shape index (κ3) is 2.67. The summed E-state index contributed by atoms with van der Waals surface area (Å²) in [5.41, 5.74) is 1.79. The van der Waals surface area contributed by atoms with E-state index in [2.05, 4.69) is 4.98 Å². The van der Waals surface area contributed by atoms with Crippen LogP contribution < -0.4 is 0 Å². The summed E-state index contributed by atoms with van der Waals surface area (Å²) in [7, 11) is 1.97. The summed E-state index contributed by atoms with van der Waals surface area (Å²) >= 11 is 6.02. The van der Waals surface area contributed by atoms with Gasteiger partial charge in [0.1, 0.15) is 5.82 Å². The van der Waals surface area contributed by atoms with Crippen LogP contribution in [-0.4, -0.2) is 14.7 Å². The van der Waals surface area contributed by atoms with Crippen molar-refractivity contribution in [1.82, 2.24) is 9.55 Å². The summed E-state index contributed by atoms with van der Waals surface area (Å²) in [6, 6.07) is 15.3. The molecule has 0 aliphatic heterocycles. The van der Waals surface area contributed by atoms with Crippen molar-refractivity contribution in [1.29, 1.82) is 0 Å². The molecular formula is C17H17ClN2O. The number of nitrogens with zero attached hydrogens (tertiary/aromatic N) is 2. The van der Waals surface area contributed by atoms with E-state index in [0.29, 0.717) is 11.4 Å². The number of rotatable bonds is 3. The van der Waals surface area contributed by atoms with Gasteiger partial charge in [0.15, 0.2) is 0 Å². The number of benzene rings is 2. The molecule has 1 heterocycles. The molecule has 0 saturated heterocycles. The molecule has 1 aromatic heterocycles. The maximum Gasteiger partial charge on any atom is 0.112 e. The lowest BCUT2D eigenvalue weighted by molar-refractivity contribution is 0.0549.